The van der Waals surface area contributed by atoms with Crippen LogP contribution in [0.5, 0.6) is 0 Å². The second-order valence-electron chi connectivity index (χ2n) is 6.11. The number of carbonyl (C=O) groups excluding carboxylic acids is 1. The predicted octanol–water partition coefficient (Wildman–Crippen LogP) is 5.44. The fourth-order valence-electron chi connectivity index (χ4n) is 2.92. The van der Waals surface area contributed by atoms with E-state index in [1.807, 2.05) is 49.4 Å². The van der Waals surface area contributed by atoms with Gasteiger partial charge >= 0.3 is 0 Å². The van der Waals surface area contributed by atoms with Crippen molar-refractivity contribution in [3.05, 3.63) is 76.5 Å². The maximum atomic E-state index is 12.2. The van der Waals surface area contributed by atoms with Crippen molar-refractivity contribution < 1.29 is 4.79 Å². The SMILES string of the molecule is Cc1cc(NC(=O)/C=C/c2cc3c(cn2)[nH]c2ccccc23)ccc1Br. The van der Waals surface area contributed by atoms with Gasteiger partial charge in [0.25, 0.3) is 0 Å². The summed E-state index contributed by atoms with van der Waals surface area (Å²) in [6, 6.07) is 15.8. The maximum absolute atomic E-state index is 12.2. The minimum absolute atomic E-state index is 0.187. The lowest BCUT2D eigenvalue weighted by Crippen LogP contribution is -2.07. The lowest BCUT2D eigenvalue weighted by Gasteiger charge is -2.04. The van der Waals surface area contributed by atoms with Crippen LogP contribution in [-0.4, -0.2) is 15.9 Å². The predicted molar refractivity (Wildman–Crippen MR) is 110 cm³/mol. The molecule has 0 fully saturated rings. The Hall–Kier alpha value is -2.92. The van der Waals surface area contributed by atoms with E-state index >= 15 is 0 Å². The van der Waals surface area contributed by atoms with Gasteiger partial charge in [0.05, 0.1) is 17.4 Å². The maximum Gasteiger partial charge on any atom is 0.248 e. The number of pyridine rings is 1. The van der Waals surface area contributed by atoms with Crippen LogP contribution >= 0.6 is 15.9 Å². The fourth-order valence-corrected chi connectivity index (χ4v) is 3.17. The Morgan fingerprint density at radius 1 is 1.12 bits per heavy atom. The highest BCUT2D eigenvalue weighted by Crippen LogP contribution is 2.25. The highest BCUT2D eigenvalue weighted by atomic mass is 79.9. The highest BCUT2D eigenvalue weighted by Gasteiger charge is 2.05. The van der Waals surface area contributed by atoms with Crippen molar-refractivity contribution in [1.29, 1.82) is 0 Å². The van der Waals surface area contributed by atoms with Crippen LogP contribution in [0.1, 0.15) is 11.3 Å². The van der Waals surface area contributed by atoms with E-state index < -0.39 is 0 Å². The first-order chi connectivity index (χ1) is 12.6. The molecular formula is C21H16BrN3O. The quantitative estimate of drug-likeness (QED) is 0.445. The van der Waals surface area contributed by atoms with Gasteiger partial charge in [-0.1, -0.05) is 34.1 Å². The summed E-state index contributed by atoms with van der Waals surface area (Å²) in [4.78, 5) is 19.9. The molecule has 0 aliphatic rings. The lowest BCUT2D eigenvalue weighted by atomic mass is 10.1. The number of H-pyrrole nitrogens is 1. The minimum Gasteiger partial charge on any atom is -0.353 e. The number of aromatic nitrogens is 2. The van der Waals surface area contributed by atoms with E-state index in [2.05, 4.69) is 37.3 Å². The molecule has 26 heavy (non-hydrogen) atoms. The van der Waals surface area contributed by atoms with E-state index in [1.165, 1.54) is 6.08 Å². The number of para-hydroxylation sites is 1. The smallest absolute Gasteiger partial charge is 0.248 e. The van der Waals surface area contributed by atoms with Crippen LogP contribution in [0.15, 0.2) is 65.3 Å². The summed E-state index contributed by atoms with van der Waals surface area (Å²) in [5.41, 5.74) is 4.63. The van der Waals surface area contributed by atoms with E-state index in [9.17, 15) is 4.79 Å². The van der Waals surface area contributed by atoms with Gasteiger partial charge in [0, 0.05) is 32.5 Å². The van der Waals surface area contributed by atoms with Crippen molar-refractivity contribution in [2.24, 2.45) is 0 Å². The minimum atomic E-state index is -0.187. The Bertz CT molecular complexity index is 1160. The Balaban J connectivity index is 1.56. The summed E-state index contributed by atoms with van der Waals surface area (Å²) >= 11 is 3.45. The van der Waals surface area contributed by atoms with E-state index in [4.69, 9.17) is 0 Å². The Kier molecular flexibility index (Phi) is 4.31. The summed E-state index contributed by atoms with van der Waals surface area (Å²) in [6.45, 7) is 1.98. The number of benzene rings is 2. The Morgan fingerprint density at radius 3 is 2.81 bits per heavy atom. The molecule has 0 saturated carbocycles. The van der Waals surface area contributed by atoms with Gasteiger partial charge in [0.1, 0.15) is 0 Å². The average Bonchev–Trinajstić information content (AvgIpc) is 3.01. The second kappa shape index (κ2) is 6.77. The molecule has 0 saturated heterocycles. The Labute approximate surface area is 159 Å². The van der Waals surface area contributed by atoms with Gasteiger partial charge in [-0.15, -0.1) is 0 Å². The zero-order valence-electron chi connectivity index (χ0n) is 14.1. The second-order valence-corrected chi connectivity index (χ2v) is 6.97. The molecule has 2 heterocycles. The zero-order chi connectivity index (χ0) is 18.1. The molecule has 0 spiro atoms. The molecule has 0 unspecified atom stereocenters. The molecule has 4 nitrogen and oxygen atoms in total. The van der Waals surface area contributed by atoms with E-state index in [1.54, 1.807) is 12.3 Å². The van der Waals surface area contributed by atoms with Crippen LogP contribution < -0.4 is 5.32 Å². The average molecular weight is 406 g/mol. The molecule has 2 N–H and O–H groups in total. The van der Waals surface area contributed by atoms with Gasteiger partial charge in [0.15, 0.2) is 0 Å². The first kappa shape index (κ1) is 16.5. The number of anilines is 1. The van der Waals surface area contributed by atoms with Gasteiger partial charge in [-0.25, -0.2) is 0 Å². The molecule has 2 aromatic heterocycles. The number of hydrogen-bond donors (Lipinski definition) is 2. The number of aromatic amines is 1. The van der Waals surface area contributed by atoms with Crippen LogP contribution in [0.3, 0.4) is 0 Å². The van der Waals surface area contributed by atoms with E-state index in [0.717, 1.165) is 43.2 Å². The van der Waals surface area contributed by atoms with Crippen molar-refractivity contribution in [2.75, 3.05) is 5.32 Å². The number of rotatable bonds is 3. The summed E-state index contributed by atoms with van der Waals surface area (Å²) in [7, 11) is 0. The van der Waals surface area contributed by atoms with Crippen molar-refractivity contribution in [2.45, 2.75) is 6.92 Å². The third kappa shape index (κ3) is 3.26. The molecule has 128 valence electrons. The summed E-state index contributed by atoms with van der Waals surface area (Å²) in [5.74, 6) is -0.187. The molecule has 4 aromatic rings. The number of amides is 1. The molecule has 5 heteroatoms. The summed E-state index contributed by atoms with van der Waals surface area (Å²) in [5, 5.41) is 5.11. The third-order valence-corrected chi connectivity index (χ3v) is 5.13. The molecule has 4 rings (SSSR count). The van der Waals surface area contributed by atoms with Crippen molar-refractivity contribution >= 4 is 55.4 Å². The molecular weight excluding hydrogens is 390 g/mol. The first-order valence-corrected chi connectivity index (χ1v) is 9.01. The largest absolute Gasteiger partial charge is 0.353 e. The van der Waals surface area contributed by atoms with Crippen LogP contribution in [-0.2, 0) is 4.79 Å². The fraction of sp³-hybridized carbons (Fsp3) is 0.0476. The van der Waals surface area contributed by atoms with Crippen molar-refractivity contribution in [1.82, 2.24) is 9.97 Å². The normalized spacial score (nSPS) is 11.5. The number of hydrogen-bond acceptors (Lipinski definition) is 2. The van der Waals surface area contributed by atoms with Gasteiger partial charge in [-0.05, 0) is 48.9 Å². The standard InChI is InChI=1S/C21H16BrN3O/c1-13-10-15(6-8-18(13)22)24-21(26)9-7-14-11-17-16-4-2-3-5-19(16)25-20(17)12-23-14/h2-12,25H,1H3,(H,24,26)/b9-7+. The molecule has 0 radical (unpaired) electrons. The summed E-state index contributed by atoms with van der Waals surface area (Å²) < 4.78 is 1.02. The number of nitrogens with one attached hydrogen (secondary N) is 2. The number of fused-ring (bicyclic) bond motifs is 3. The van der Waals surface area contributed by atoms with E-state index in [0.29, 0.717) is 0 Å². The van der Waals surface area contributed by atoms with Gasteiger partial charge in [-0.3, -0.25) is 9.78 Å². The first-order valence-electron chi connectivity index (χ1n) is 8.22. The van der Waals surface area contributed by atoms with Gasteiger partial charge in [-0.2, -0.15) is 0 Å². The van der Waals surface area contributed by atoms with Crippen LogP contribution in [0.2, 0.25) is 0 Å². The Morgan fingerprint density at radius 2 is 1.96 bits per heavy atom. The highest BCUT2D eigenvalue weighted by molar-refractivity contribution is 9.10. The number of halogens is 1. The van der Waals surface area contributed by atoms with Gasteiger partial charge < -0.3 is 10.3 Å². The summed E-state index contributed by atoms with van der Waals surface area (Å²) in [6.07, 6.45) is 5.02. The molecule has 2 aromatic carbocycles. The molecule has 0 aliphatic heterocycles. The van der Waals surface area contributed by atoms with Crippen molar-refractivity contribution in [3.63, 3.8) is 0 Å². The molecule has 0 bridgehead atoms. The zero-order valence-corrected chi connectivity index (χ0v) is 15.7. The number of nitrogens with zero attached hydrogens (tertiary/aromatic N) is 1. The van der Waals surface area contributed by atoms with Crippen LogP contribution in [0, 0.1) is 6.92 Å². The van der Waals surface area contributed by atoms with Crippen LogP contribution in [0.4, 0.5) is 5.69 Å². The molecule has 0 atom stereocenters. The molecule has 0 aliphatic carbocycles. The topological polar surface area (TPSA) is 57.8 Å². The lowest BCUT2D eigenvalue weighted by molar-refractivity contribution is -0.111. The van der Waals surface area contributed by atoms with Crippen LogP contribution in [0.25, 0.3) is 27.9 Å². The molecule has 1 amide bonds. The van der Waals surface area contributed by atoms with E-state index in [-0.39, 0.29) is 5.91 Å². The third-order valence-electron chi connectivity index (χ3n) is 4.24. The monoisotopic (exact) mass is 405 g/mol. The van der Waals surface area contributed by atoms with Gasteiger partial charge in [0.2, 0.25) is 5.91 Å². The van der Waals surface area contributed by atoms with Crippen molar-refractivity contribution in [3.8, 4) is 0 Å². The number of carbonyl (C=O) groups is 1. The number of aryl methyl sites for hydroxylation is 1.